The van der Waals surface area contributed by atoms with Gasteiger partial charge in [-0.15, -0.1) is 0 Å². The van der Waals surface area contributed by atoms with Gasteiger partial charge in [-0.3, -0.25) is 9.59 Å². The molecule has 0 radical (unpaired) electrons. The van der Waals surface area contributed by atoms with E-state index in [0.29, 0.717) is 18.2 Å². The number of benzene rings is 2. The van der Waals surface area contributed by atoms with Crippen molar-refractivity contribution in [3.8, 4) is 0 Å². The summed E-state index contributed by atoms with van der Waals surface area (Å²) in [6, 6.07) is 11.5. The van der Waals surface area contributed by atoms with Crippen LogP contribution >= 0.6 is 0 Å². The molecule has 2 aromatic rings. The van der Waals surface area contributed by atoms with Crippen LogP contribution in [0.15, 0.2) is 53.4 Å². The lowest BCUT2D eigenvalue weighted by Crippen LogP contribution is -2.35. The predicted molar refractivity (Wildman–Crippen MR) is 101 cm³/mol. The summed E-state index contributed by atoms with van der Waals surface area (Å²) in [5, 5.41) is 0.402. The highest BCUT2D eigenvalue weighted by Crippen LogP contribution is 2.25. The molecule has 0 bridgehead atoms. The molecule has 0 atom stereocenters. The topological polar surface area (TPSA) is 101 Å². The van der Waals surface area contributed by atoms with Crippen LogP contribution in [0.3, 0.4) is 0 Å². The Bertz CT molecular complexity index is 1070. The summed E-state index contributed by atoms with van der Waals surface area (Å²) in [6.07, 6.45) is 2.57. The average Bonchev–Trinajstić information content (AvgIpc) is 2.99. The van der Waals surface area contributed by atoms with Crippen molar-refractivity contribution in [2.45, 2.75) is 24.2 Å². The van der Waals surface area contributed by atoms with Crippen molar-refractivity contribution in [2.75, 3.05) is 13.1 Å². The Hall–Kier alpha value is -3.04. The van der Waals surface area contributed by atoms with E-state index in [2.05, 4.69) is 0 Å². The highest BCUT2D eigenvalue weighted by molar-refractivity contribution is 7.89. The van der Waals surface area contributed by atoms with E-state index in [4.69, 9.17) is 4.84 Å². The fraction of sp³-hybridized carbons (Fsp3) is 0.250. The number of hydrogen-bond acceptors (Lipinski definition) is 6. The number of imide groups is 1. The number of hydrogen-bond donors (Lipinski definition) is 0. The zero-order valence-corrected chi connectivity index (χ0v) is 16.2. The van der Waals surface area contributed by atoms with E-state index < -0.39 is 27.8 Å². The molecule has 0 spiro atoms. The Kier molecular flexibility index (Phi) is 4.93. The van der Waals surface area contributed by atoms with Crippen molar-refractivity contribution in [3.63, 3.8) is 0 Å². The smallest absolute Gasteiger partial charge is 0.324 e. The number of rotatable bonds is 4. The standard InChI is InChI=1S/C20H18N2O6S/c23-18-16-9-2-3-10-17(16)19(24)22(18)28-20(25)14-7-6-8-15(13-14)29(26,27)21-11-4-1-5-12-21/h2-3,6-10,13H,1,4-5,11-12H2. The molecule has 2 heterocycles. The van der Waals surface area contributed by atoms with Gasteiger partial charge in [0.25, 0.3) is 11.8 Å². The summed E-state index contributed by atoms with van der Waals surface area (Å²) in [4.78, 5) is 42.2. The molecule has 0 saturated carbocycles. The molecule has 0 N–H and O–H groups in total. The molecule has 4 rings (SSSR count). The van der Waals surface area contributed by atoms with Gasteiger partial charge in [0.2, 0.25) is 10.0 Å². The van der Waals surface area contributed by atoms with Gasteiger partial charge in [-0.05, 0) is 43.2 Å². The highest BCUT2D eigenvalue weighted by atomic mass is 32.2. The summed E-state index contributed by atoms with van der Waals surface area (Å²) in [5.41, 5.74) is 0.220. The lowest BCUT2D eigenvalue weighted by molar-refractivity contribution is -0.0584. The van der Waals surface area contributed by atoms with Crippen molar-refractivity contribution in [3.05, 3.63) is 65.2 Å². The summed E-state index contributed by atoms with van der Waals surface area (Å²) in [7, 11) is -3.73. The first-order valence-electron chi connectivity index (χ1n) is 9.20. The molecule has 29 heavy (non-hydrogen) atoms. The van der Waals surface area contributed by atoms with Gasteiger partial charge in [0, 0.05) is 13.1 Å². The molecule has 0 aliphatic carbocycles. The van der Waals surface area contributed by atoms with Gasteiger partial charge in [-0.1, -0.05) is 29.7 Å². The molecule has 1 fully saturated rings. The molecule has 150 valence electrons. The minimum atomic E-state index is -3.73. The third-order valence-corrected chi connectivity index (χ3v) is 6.85. The second-order valence-electron chi connectivity index (χ2n) is 6.82. The van der Waals surface area contributed by atoms with E-state index in [1.54, 1.807) is 12.1 Å². The van der Waals surface area contributed by atoms with Crippen molar-refractivity contribution in [1.82, 2.24) is 9.37 Å². The number of piperidine rings is 1. The predicted octanol–water partition coefficient (Wildman–Crippen LogP) is 2.23. The number of nitrogens with zero attached hydrogens (tertiary/aromatic N) is 2. The van der Waals surface area contributed by atoms with E-state index in [9.17, 15) is 22.8 Å². The fourth-order valence-electron chi connectivity index (χ4n) is 3.42. The van der Waals surface area contributed by atoms with Crippen molar-refractivity contribution >= 4 is 27.8 Å². The highest BCUT2D eigenvalue weighted by Gasteiger charge is 2.39. The second-order valence-corrected chi connectivity index (χ2v) is 8.76. The Morgan fingerprint density at radius 3 is 2.10 bits per heavy atom. The summed E-state index contributed by atoms with van der Waals surface area (Å²) in [6.45, 7) is 0.873. The maximum Gasteiger partial charge on any atom is 0.363 e. The summed E-state index contributed by atoms with van der Waals surface area (Å²) >= 11 is 0. The Morgan fingerprint density at radius 1 is 0.862 bits per heavy atom. The van der Waals surface area contributed by atoms with E-state index in [-0.39, 0.29) is 21.6 Å². The molecule has 2 aliphatic rings. The van der Waals surface area contributed by atoms with Crippen molar-refractivity contribution in [1.29, 1.82) is 0 Å². The number of carbonyl (C=O) groups excluding carboxylic acids is 3. The molecular formula is C20H18N2O6S. The van der Waals surface area contributed by atoms with E-state index >= 15 is 0 Å². The number of hydroxylamine groups is 2. The van der Waals surface area contributed by atoms with Crippen LogP contribution in [-0.2, 0) is 14.9 Å². The van der Waals surface area contributed by atoms with Crippen molar-refractivity contribution in [2.24, 2.45) is 0 Å². The minimum Gasteiger partial charge on any atom is -0.324 e. The maximum absolute atomic E-state index is 12.8. The molecule has 0 aromatic heterocycles. The maximum atomic E-state index is 12.8. The van der Waals surface area contributed by atoms with Crippen LogP contribution < -0.4 is 0 Å². The Balaban J connectivity index is 1.56. The lowest BCUT2D eigenvalue weighted by atomic mass is 10.1. The van der Waals surface area contributed by atoms with Gasteiger partial charge >= 0.3 is 5.97 Å². The van der Waals surface area contributed by atoms with Crippen LogP contribution in [0.25, 0.3) is 0 Å². The quantitative estimate of drug-likeness (QED) is 0.711. The number of carbonyl (C=O) groups is 3. The Labute approximate surface area is 167 Å². The van der Waals surface area contributed by atoms with E-state index in [1.165, 1.54) is 40.7 Å². The molecule has 9 heteroatoms. The van der Waals surface area contributed by atoms with Gasteiger partial charge in [-0.25, -0.2) is 13.2 Å². The van der Waals surface area contributed by atoms with E-state index in [0.717, 1.165) is 19.3 Å². The van der Waals surface area contributed by atoms with Gasteiger partial charge in [0.1, 0.15) is 0 Å². The normalized spacial score (nSPS) is 17.3. The molecule has 2 aromatic carbocycles. The van der Waals surface area contributed by atoms with Crippen LogP contribution in [-0.4, -0.2) is 48.7 Å². The first-order valence-corrected chi connectivity index (χ1v) is 10.6. The summed E-state index contributed by atoms with van der Waals surface area (Å²) < 4.78 is 27.0. The second kappa shape index (κ2) is 7.41. The fourth-order valence-corrected chi connectivity index (χ4v) is 4.99. The summed E-state index contributed by atoms with van der Waals surface area (Å²) in [5.74, 6) is -2.47. The third kappa shape index (κ3) is 3.43. The lowest BCUT2D eigenvalue weighted by Gasteiger charge is -2.26. The third-order valence-electron chi connectivity index (χ3n) is 4.95. The zero-order chi connectivity index (χ0) is 20.6. The van der Waals surface area contributed by atoms with Crippen LogP contribution in [0, 0.1) is 0 Å². The van der Waals surface area contributed by atoms with Crippen molar-refractivity contribution < 1.29 is 27.6 Å². The number of sulfonamides is 1. The molecular weight excluding hydrogens is 396 g/mol. The van der Waals surface area contributed by atoms with E-state index in [1.807, 2.05) is 0 Å². The van der Waals surface area contributed by atoms with Crippen LogP contribution in [0.4, 0.5) is 0 Å². The minimum absolute atomic E-state index is 0.0313. The zero-order valence-electron chi connectivity index (χ0n) is 15.4. The van der Waals surface area contributed by atoms with Gasteiger partial charge in [-0.2, -0.15) is 4.31 Å². The molecule has 8 nitrogen and oxygen atoms in total. The number of fused-ring (bicyclic) bond motifs is 1. The SMILES string of the molecule is O=C(ON1C(=O)c2ccccc2C1=O)c1cccc(S(=O)(=O)N2CCCCC2)c1. The Morgan fingerprint density at radius 2 is 1.48 bits per heavy atom. The van der Waals surface area contributed by atoms with Crippen LogP contribution in [0.2, 0.25) is 0 Å². The van der Waals surface area contributed by atoms with Gasteiger partial charge < -0.3 is 4.84 Å². The van der Waals surface area contributed by atoms with Crippen LogP contribution in [0.1, 0.15) is 50.3 Å². The largest absolute Gasteiger partial charge is 0.363 e. The molecule has 2 amide bonds. The first kappa shape index (κ1) is 19.3. The van der Waals surface area contributed by atoms with Gasteiger partial charge in [0.05, 0.1) is 21.6 Å². The number of amides is 2. The monoisotopic (exact) mass is 414 g/mol. The van der Waals surface area contributed by atoms with Gasteiger partial charge in [0.15, 0.2) is 0 Å². The molecule has 2 aliphatic heterocycles. The average molecular weight is 414 g/mol. The molecule has 0 unspecified atom stereocenters. The first-order chi connectivity index (χ1) is 13.9. The van der Waals surface area contributed by atoms with Crippen LogP contribution in [0.5, 0.6) is 0 Å². The molecule has 1 saturated heterocycles.